The van der Waals surface area contributed by atoms with Gasteiger partial charge in [0.1, 0.15) is 9.77 Å². The first-order valence-electron chi connectivity index (χ1n) is 8.05. The quantitative estimate of drug-likeness (QED) is 0.818. The first-order valence-corrected chi connectivity index (χ1v) is 10.4. The molecule has 23 heavy (non-hydrogen) atoms. The summed E-state index contributed by atoms with van der Waals surface area (Å²) in [4.78, 5) is 17.2. The normalized spacial score (nSPS) is 21.5. The minimum Gasteiger partial charge on any atom is -0.335 e. The molecule has 0 radical (unpaired) electrons. The van der Waals surface area contributed by atoms with Crippen molar-refractivity contribution in [1.82, 2.24) is 14.1 Å². The first kappa shape index (κ1) is 16.9. The van der Waals surface area contributed by atoms with Crippen molar-refractivity contribution < 1.29 is 13.2 Å². The lowest BCUT2D eigenvalue weighted by atomic mass is 10.2. The Bertz CT molecular complexity index is 657. The maximum Gasteiger partial charge on any atom is 0.265 e. The summed E-state index contributed by atoms with van der Waals surface area (Å²) in [6.45, 7) is 4.06. The Labute approximate surface area is 141 Å². The van der Waals surface area contributed by atoms with E-state index in [-0.39, 0.29) is 10.8 Å². The predicted molar refractivity (Wildman–Crippen MR) is 90.3 cm³/mol. The summed E-state index contributed by atoms with van der Waals surface area (Å²) in [5.41, 5.74) is 0. The summed E-state index contributed by atoms with van der Waals surface area (Å²) < 4.78 is 27.3. The highest BCUT2D eigenvalue weighted by Crippen LogP contribution is 2.28. The van der Waals surface area contributed by atoms with Crippen molar-refractivity contribution >= 4 is 27.3 Å². The highest BCUT2D eigenvalue weighted by atomic mass is 32.2. The van der Waals surface area contributed by atoms with Crippen molar-refractivity contribution in [2.24, 2.45) is 0 Å². The van der Waals surface area contributed by atoms with Crippen LogP contribution in [0.15, 0.2) is 16.3 Å². The molecule has 3 rings (SSSR count). The monoisotopic (exact) mass is 357 g/mol. The fourth-order valence-electron chi connectivity index (χ4n) is 3.05. The number of hydrogen-bond donors (Lipinski definition) is 0. The summed E-state index contributed by atoms with van der Waals surface area (Å²) in [5, 5.41) is 1.71. The minimum absolute atomic E-state index is 0.149. The third-order valence-electron chi connectivity index (χ3n) is 4.55. The van der Waals surface area contributed by atoms with Gasteiger partial charge >= 0.3 is 0 Å². The summed E-state index contributed by atoms with van der Waals surface area (Å²) in [6.07, 6.45) is 2.86. The Balaban J connectivity index is 1.82. The van der Waals surface area contributed by atoms with Crippen LogP contribution in [-0.4, -0.2) is 74.7 Å². The zero-order valence-electron chi connectivity index (χ0n) is 13.4. The third kappa shape index (κ3) is 3.45. The van der Waals surface area contributed by atoms with Crippen LogP contribution in [-0.2, 0) is 10.0 Å². The molecule has 8 heteroatoms. The number of piperidine rings is 1. The van der Waals surface area contributed by atoms with Gasteiger partial charge in [0.25, 0.3) is 5.91 Å². The Morgan fingerprint density at radius 2 is 1.70 bits per heavy atom. The highest BCUT2D eigenvalue weighted by Gasteiger charge is 2.32. The second-order valence-corrected chi connectivity index (χ2v) is 9.00. The maximum atomic E-state index is 12.9. The number of likely N-dealkylation sites (N-methyl/N-ethyl adjacent to an activating group) is 1. The lowest BCUT2D eigenvalue weighted by molar-refractivity contribution is 0.0665. The van der Waals surface area contributed by atoms with Crippen molar-refractivity contribution in [2.45, 2.75) is 24.2 Å². The molecule has 1 aromatic rings. The SMILES string of the molecule is CN1CCN(C(=O)c2sccc2S(=O)(=O)N2CCCCC2)CC1. The van der Waals surface area contributed by atoms with Crippen LogP contribution in [0.1, 0.15) is 28.9 Å². The van der Waals surface area contributed by atoms with Crippen LogP contribution >= 0.6 is 11.3 Å². The number of hydrogen-bond acceptors (Lipinski definition) is 5. The molecule has 2 fully saturated rings. The summed E-state index contributed by atoms with van der Waals surface area (Å²) in [7, 11) is -1.53. The Morgan fingerprint density at radius 3 is 2.35 bits per heavy atom. The Hall–Kier alpha value is -0.960. The van der Waals surface area contributed by atoms with Crippen LogP contribution in [0.5, 0.6) is 0 Å². The number of nitrogens with zero attached hydrogens (tertiary/aromatic N) is 3. The van der Waals surface area contributed by atoms with E-state index < -0.39 is 10.0 Å². The van der Waals surface area contributed by atoms with E-state index in [2.05, 4.69) is 4.90 Å². The van der Waals surface area contributed by atoms with Crippen molar-refractivity contribution in [2.75, 3.05) is 46.3 Å². The molecule has 2 aliphatic rings. The van der Waals surface area contributed by atoms with Gasteiger partial charge in [0.2, 0.25) is 10.0 Å². The first-order chi connectivity index (χ1) is 11.0. The van der Waals surface area contributed by atoms with Crippen LogP contribution in [0.2, 0.25) is 0 Å². The molecule has 1 aromatic heterocycles. The van der Waals surface area contributed by atoms with Gasteiger partial charge in [-0.05, 0) is 31.3 Å². The van der Waals surface area contributed by atoms with E-state index in [0.717, 1.165) is 32.4 Å². The van der Waals surface area contributed by atoms with Gasteiger partial charge in [-0.1, -0.05) is 6.42 Å². The molecule has 0 aromatic carbocycles. The second-order valence-electron chi connectivity index (χ2n) is 6.17. The molecule has 0 N–H and O–H groups in total. The summed E-state index contributed by atoms with van der Waals surface area (Å²) >= 11 is 1.23. The van der Waals surface area contributed by atoms with Crippen molar-refractivity contribution in [3.8, 4) is 0 Å². The molecular formula is C15H23N3O3S2. The fraction of sp³-hybridized carbons (Fsp3) is 0.667. The molecule has 0 saturated carbocycles. The third-order valence-corrected chi connectivity index (χ3v) is 7.52. The van der Waals surface area contributed by atoms with Crippen molar-refractivity contribution in [3.05, 3.63) is 16.3 Å². The molecule has 0 bridgehead atoms. The largest absolute Gasteiger partial charge is 0.335 e. The molecule has 1 amide bonds. The van der Waals surface area contributed by atoms with Gasteiger partial charge in [-0.15, -0.1) is 11.3 Å². The number of thiophene rings is 1. The number of amides is 1. The molecule has 0 unspecified atom stereocenters. The predicted octanol–water partition coefficient (Wildman–Crippen LogP) is 1.31. The van der Waals surface area contributed by atoms with Gasteiger partial charge in [-0.2, -0.15) is 4.31 Å². The highest BCUT2D eigenvalue weighted by molar-refractivity contribution is 7.89. The number of rotatable bonds is 3. The molecular weight excluding hydrogens is 334 g/mol. The van der Waals surface area contributed by atoms with Crippen LogP contribution in [0.25, 0.3) is 0 Å². The van der Waals surface area contributed by atoms with Crippen molar-refractivity contribution in [1.29, 1.82) is 0 Å². The van der Waals surface area contributed by atoms with E-state index in [4.69, 9.17) is 0 Å². The lowest BCUT2D eigenvalue weighted by Crippen LogP contribution is -2.47. The van der Waals surface area contributed by atoms with Gasteiger partial charge in [-0.25, -0.2) is 8.42 Å². The van der Waals surface area contributed by atoms with E-state index in [1.54, 1.807) is 16.3 Å². The van der Waals surface area contributed by atoms with E-state index in [1.807, 2.05) is 7.05 Å². The lowest BCUT2D eigenvalue weighted by Gasteiger charge is -2.32. The average Bonchev–Trinajstić information content (AvgIpc) is 3.06. The van der Waals surface area contributed by atoms with Gasteiger partial charge in [0.05, 0.1) is 0 Å². The van der Waals surface area contributed by atoms with E-state index in [9.17, 15) is 13.2 Å². The minimum atomic E-state index is -3.56. The Kier molecular flexibility index (Phi) is 5.05. The molecule has 128 valence electrons. The fourth-order valence-corrected chi connectivity index (χ4v) is 5.93. The van der Waals surface area contributed by atoms with Gasteiger partial charge in [-0.3, -0.25) is 4.79 Å². The zero-order chi connectivity index (χ0) is 16.4. The van der Waals surface area contributed by atoms with Crippen LogP contribution < -0.4 is 0 Å². The molecule has 6 nitrogen and oxygen atoms in total. The maximum absolute atomic E-state index is 12.9. The molecule has 0 aliphatic carbocycles. The number of carbonyl (C=O) groups excluding carboxylic acids is 1. The van der Waals surface area contributed by atoms with E-state index in [1.165, 1.54) is 15.6 Å². The molecule has 2 saturated heterocycles. The van der Waals surface area contributed by atoms with Crippen LogP contribution in [0, 0.1) is 0 Å². The summed E-state index contributed by atoms with van der Waals surface area (Å²) in [6, 6.07) is 1.58. The van der Waals surface area contributed by atoms with Crippen molar-refractivity contribution in [3.63, 3.8) is 0 Å². The molecule has 2 aliphatic heterocycles. The standard InChI is InChI=1S/C15H23N3O3S2/c1-16-8-10-17(11-9-16)15(19)14-13(5-12-22-14)23(20,21)18-6-3-2-4-7-18/h5,12H,2-4,6-11H2,1H3. The second kappa shape index (κ2) is 6.88. The molecule has 3 heterocycles. The zero-order valence-corrected chi connectivity index (χ0v) is 15.0. The van der Waals surface area contributed by atoms with Gasteiger partial charge < -0.3 is 9.80 Å². The van der Waals surface area contributed by atoms with Gasteiger partial charge in [0, 0.05) is 39.3 Å². The van der Waals surface area contributed by atoms with Crippen LogP contribution in [0.4, 0.5) is 0 Å². The van der Waals surface area contributed by atoms with Gasteiger partial charge in [0.15, 0.2) is 0 Å². The summed E-state index contributed by atoms with van der Waals surface area (Å²) in [5.74, 6) is -0.149. The Morgan fingerprint density at radius 1 is 1.04 bits per heavy atom. The van der Waals surface area contributed by atoms with E-state index >= 15 is 0 Å². The number of carbonyl (C=O) groups is 1. The topological polar surface area (TPSA) is 60.9 Å². The smallest absolute Gasteiger partial charge is 0.265 e. The molecule has 0 atom stereocenters. The van der Waals surface area contributed by atoms with E-state index in [0.29, 0.717) is 31.1 Å². The van der Waals surface area contributed by atoms with Crippen LogP contribution in [0.3, 0.4) is 0 Å². The average molecular weight is 358 g/mol. The number of sulfonamides is 1. The number of piperazine rings is 1. The molecule has 0 spiro atoms.